The molecule has 0 saturated carbocycles. The smallest absolute Gasteiger partial charge is 0.349 e. The normalized spacial score (nSPS) is 10.5. The van der Waals surface area contributed by atoms with Crippen LogP contribution in [0.15, 0.2) is 51.7 Å². The third kappa shape index (κ3) is 3.22. The second-order valence-corrected chi connectivity index (χ2v) is 5.61. The van der Waals surface area contributed by atoms with Crippen LogP contribution < -0.4 is 15.7 Å². The summed E-state index contributed by atoms with van der Waals surface area (Å²) in [6, 6.07) is 10.0. The fraction of sp³-hybridized carbons (Fsp3) is 0.0588. The van der Waals surface area contributed by atoms with Crippen LogP contribution in [0.5, 0.6) is 5.75 Å². The predicted octanol–water partition coefficient (Wildman–Crippen LogP) is 3.62. The minimum absolute atomic E-state index is 0.0115. The topological polar surface area (TPSA) is 112 Å². The summed E-state index contributed by atoms with van der Waals surface area (Å²) in [5.74, 6) is -0.733. The van der Waals surface area contributed by atoms with Gasteiger partial charge >= 0.3 is 5.63 Å². The molecule has 0 saturated heterocycles. The van der Waals surface area contributed by atoms with Crippen LogP contribution in [0.3, 0.4) is 0 Å². The van der Waals surface area contributed by atoms with Gasteiger partial charge in [0.25, 0.3) is 11.6 Å². The van der Waals surface area contributed by atoms with Crippen LogP contribution in [0.25, 0.3) is 11.0 Å². The van der Waals surface area contributed by atoms with Crippen molar-refractivity contribution in [3.63, 3.8) is 0 Å². The van der Waals surface area contributed by atoms with E-state index in [1.165, 1.54) is 19.2 Å². The summed E-state index contributed by atoms with van der Waals surface area (Å²) in [4.78, 5) is 35.0. The number of nitro groups is 1. The number of carbonyl (C=O) groups is 1. The number of anilines is 1. The monoisotopic (exact) mass is 374 g/mol. The van der Waals surface area contributed by atoms with Crippen molar-refractivity contribution >= 4 is 39.9 Å². The van der Waals surface area contributed by atoms with Gasteiger partial charge in [0.1, 0.15) is 5.56 Å². The predicted molar refractivity (Wildman–Crippen MR) is 95.1 cm³/mol. The largest absolute Gasteiger partial charge is 0.493 e. The van der Waals surface area contributed by atoms with Crippen LogP contribution >= 0.6 is 11.6 Å². The Morgan fingerprint density at radius 1 is 1.27 bits per heavy atom. The number of non-ortho nitro benzene ring substituents is 1. The van der Waals surface area contributed by atoms with Gasteiger partial charge in [0, 0.05) is 11.5 Å². The average Bonchev–Trinajstić information content (AvgIpc) is 2.62. The fourth-order valence-electron chi connectivity index (χ4n) is 2.35. The zero-order chi connectivity index (χ0) is 18.8. The average molecular weight is 375 g/mol. The summed E-state index contributed by atoms with van der Waals surface area (Å²) in [5, 5.41) is 14.0. The molecule has 26 heavy (non-hydrogen) atoms. The van der Waals surface area contributed by atoms with Crippen molar-refractivity contribution in [1.29, 1.82) is 0 Å². The highest BCUT2D eigenvalue weighted by Gasteiger charge is 2.19. The van der Waals surface area contributed by atoms with Crippen LogP contribution in [0.4, 0.5) is 11.4 Å². The van der Waals surface area contributed by atoms with Gasteiger partial charge in [-0.25, -0.2) is 4.79 Å². The van der Waals surface area contributed by atoms with Crippen LogP contribution in [-0.4, -0.2) is 17.9 Å². The van der Waals surface area contributed by atoms with Gasteiger partial charge < -0.3 is 14.5 Å². The highest BCUT2D eigenvalue weighted by Crippen LogP contribution is 2.30. The molecular formula is C17H11ClN2O6. The van der Waals surface area contributed by atoms with Crippen LogP contribution in [-0.2, 0) is 0 Å². The lowest BCUT2D eigenvalue weighted by molar-refractivity contribution is -0.384. The molecule has 0 aliphatic heterocycles. The zero-order valence-electron chi connectivity index (χ0n) is 13.3. The molecule has 9 heteroatoms. The second kappa shape index (κ2) is 6.85. The van der Waals surface area contributed by atoms with E-state index in [0.717, 1.165) is 6.07 Å². The van der Waals surface area contributed by atoms with Crippen molar-refractivity contribution in [3.05, 3.63) is 73.6 Å². The van der Waals surface area contributed by atoms with E-state index in [1.807, 2.05) is 0 Å². The van der Waals surface area contributed by atoms with Crippen molar-refractivity contribution in [2.24, 2.45) is 0 Å². The first-order valence-corrected chi connectivity index (χ1v) is 7.64. The third-order valence-corrected chi connectivity index (χ3v) is 3.91. The Bertz CT molecular complexity index is 1090. The summed E-state index contributed by atoms with van der Waals surface area (Å²) in [6.45, 7) is 0. The number of nitrogens with zero attached hydrogens (tertiary/aromatic N) is 1. The molecule has 3 rings (SSSR count). The number of methoxy groups -OCH3 is 1. The summed E-state index contributed by atoms with van der Waals surface area (Å²) in [6.07, 6.45) is 0. The molecule has 1 amide bonds. The Kier molecular flexibility index (Phi) is 4.59. The SMILES string of the molecule is COc1cc([N+](=O)[O-])cc2cc(C(=O)Nc3ccccc3Cl)c(=O)oc12. The first kappa shape index (κ1) is 17.4. The molecule has 0 radical (unpaired) electrons. The molecule has 0 aliphatic carbocycles. The number of amides is 1. The molecule has 0 aliphatic rings. The number of hydrogen-bond donors (Lipinski definition) is 1. The quantitative estimate of drug-likeness (QED) is 0.424. The van der Waals surface area contributed by atoms with E-state index in [1.54, 1.807) is 24.3 Å². The number of hydrogen-bond acceptors (Lipinski definition) is 6. The van der Waals surface area contributed by atoms with Crippen molar-refractivity contribution in [1.82, 2.24) is 0 Å². The lowest BCUT2D eigenvalue weighted by atomic mass is 10.1. The van der Waals surface area contributed by atoms with Gasteiger partial charge in [0.15, 0.2) is 11.3 Å². The summed E-state index contributed by atoms with van der Waals surface area (Å²) < 4.78 is 10.2. The Morgan fingerprint density at radius 2 is 2.00 bits per heavy atom. The van der Waals surface area contributed by atoms with E-state index in [0.29, 0.717) is 10.7 Å². The molecule has 0 fully saturated rings. The van der Waals surface area contributed by atoms with E-state index < -0.39 is 16.5 Å². The Balaban J connectivity index is 2.10. The lowest BCUT2D eigenvalue weighted by Gasteiger charge is -2.08. The number of para-hydroxylation sites is 1. The van der Waals surface area contributed by atoms with Gasteiger partial charge in [-0.2, -0.15) is 0 Å². The van der Waals surface area contributed by atoms with E-state index in [2.05, 4.69) is 5.32 Å². The summed E-state index contributed by atoms with van der Waals surface area (Å²) in [7, 11) is 1.29. The maximum atomic E-state index is 12.4. The van der Waals surface area contributed by atoms with Crippen LogP contribution in [0, 0.1) is 10.1 Å². The van der Waals surface area contributed by atoms with E-state index in [-0.39, 0.29) is 28.0 Å². The first-order chi connectivity index (χ1) is 12.4. The molecule has 0 atom stereocenters. The summed E-state index contributed by atoms with van der Waals surface area (Å²) >= 11 is 5.98. The maximum absolute atomic E-state index is 12.4. The number of halogens is 1. The highest BCUT2D eigenvalue weighted by molar-refractivity contribution is 6.33. The Hall–Kier alpha value is -3.39. The number of nitrogens with one attached hydrogen (secondary N) is 1. The summed E-state index contributed by atoms with van der Waals surface area (Å²) in [5.41, 5.74) is -1.16. The molecule has 3 aromatic rings. The van der Waals surface area contributed by atoms with E-state index in [4.69, 9.17) is 20.8 Å². The molecule has 0 unspecified atom stereocenters. The second-order valence-electron chi connectivity index (χ2n) is 5.20. The van der Waals surface area contributed by atoms with Gasteiger partial charge in [0.05, 0.1) is 28.8 Å². The Morgan fingerprint density at radius 3 is 2.65 bits per heavy atom. The molecule has 0 bridgehead atoms. The lowest BCUT2D eigenvalue weighted by Crippen LogP contribution is -2.20. The number of rotatable bonds is 4. The first-order valence-electron chi connectivity index (χ1n) is 7.27. The highest BCUT2D eigenvalue weighted by atomic mass is 35.5. The third-order valence-electron chi connectivity index (χ3n) is 3.58. The molecule has 1 aromatic heterocycles. The number of benzene rings is 2. The van der Waals surface area contributed by atoms with Crippen molar-refractivity contribution in [2.75, 3.05) is 12.4 Å². The van der Waals surface area contributed by atoms with E-state index in [9.17, 15) is 19.7 Å². The number of fused-ring (bicyclic) bond motifs is 1. The standard InChI is InChI=1S/C17H11ClN2O6/c1-25-14-8-10(20(23)24)6-9-7-11(17(22)26-15(9)14)16(21)19-13-5-3-2-4-12(13)18/h2-8H,1H3,(H,19,21). The van der Waals surface area contributed by atoms with Crippen LogP contribution in [0.2, 0.25) is 5.02 Å². The van der Waals surface area contributed by atoms with Gasteiger partial charge in [0.2, 0.25) is 0 Å². The van der Waals surface area contributed by atoms with Crippen molar-refractivity contribution < 1.29 is 18.9 Å². The van der Waals surface area contributed by atoms with Gasteiger partial charge in [-0.15, -0.1) is 0 Å². The molecule has 8 nitrogen and oxygen atoms in total. The number of carbonyl (C=O) groups excluding carboxylic acids is 1. The molecule has 0 spiro atoms. The molecule has 2 aromatic carbocycles. The minimum Gasteiger partial charge on any atom is -0.493 e. The molecule has 1 heterocycles. The minimum atomic E-state index is -0.908. The van der Waals surface area contributed by atoms with Crippen molar-refractivity contribution in [2.45, 2.75) is 0 Å². The number of ether oxygens (including phenoxy) is 1. The van der Waals surface area contributed by atoms with E-state index >= 15 is 0 Å². The van der Waals surface area contributed by atoms with Gasteiger partial charge in [-0.05, 0) is 18.2 Å². The molecular weight excluding hydrogens is 364 g/mol. The zero-order valence-corrected chi connectivity index (χ0v) is 14.1. The van der Waals surface area contributed by atoms with Crippen LogP contribution in [0.1, 0.15) is 10.4 Å². The molecule has 1 N–H and O–H groups in total. The van der Waals surface area contributed by atoms with Gasteiger partial charge in [-0.3, -0.25) is 14.9 Å². The number of nitro benzene ring substituents is 1. The Labute approximate surface area is 151 Å². The maximum Gasteiger partial charge on any atom is 0.349 e. The molecule has 132 valence electrons. The van der Waals surface area contributed by atoms with Gasteiger partial charge in [-0.1, -0.05) is 23.7 Å². The fourth-order valence-corrected chi connectivity index (χ4v) is 2.54. The van der Waals surface area contributed by atoms with Crippen molar-refractivity contribution in [3.8, 4) is 5.75 Å².